The Kier molecular flexibility index (Phi) is 3.96. The molecule has 7 nitrogen and oxygen atoms in total. The number of tetrazole rings is 1. The summed E-state index contributed by atoms with van der Waals surface area (Å²) in [5, 5.41) is 19.7. The van der Waals surface area contributed by atoms with E-state index in [0.717, 1.165) is 17.3 Å². The molecule has 3 aromatic rings. The van der Waals surface area contributed by atoms with Gasteiger partial charge >= 0.3 is 0 Å². The largest absolute Gasteiger partial charge is 0.262 e. The number of hydrogen-bond acceptors (Lipinski definition) is 6. The molecule has 21 heavy (non-hydrogen) atoms. The van der Waals surface area contributed by atoms with Gasteiger partial charge in [0.15, 0.2) is 5.82 Å². The van der Waals surface area contributed by atoms with E-state index in [4.69, 9.17) is 0 Å². The van der Waals surface area contributed by atoms with Gasteiger partial charge in [-0.2, -0.15) is 4.68 Å². The van der Waals surface area contributed by atoms with Gasteiger partial charge in [0, 0.05) is 5.92 Å². The third-order valence-electron chi connectivity index (χ3n) is 2.89. The lowest BCUT2D eigenvalue weighted by molar-refractivity contribution is 0.777. The van der Waals surface area contributed by atoms with Crippen molar-refractivity contribution in [3.63, 3.8) is 0 Å². The van der Waals surface area contributed by atoms with Gasteiger partial charge in [-0.05, 0) is 22.6 Å². The number of thioether (sulfide) groups is 1. The van der Waals surface area contributed by atoms with Crippen LogP contribution in [0.1, 0.15) is 31.4 Å². The van der Waals surface area contributed by atoms with Crippen LogP contribution in [0.5, 0.6) is 0 Å². The van der Waals surface area contributed by atoms with E-state index in [1.165, 1.54) is 11.8 Å². The van der Waals surface area contributed by atoms with Crippen LogP contribution in [-0.4, -0.2) is 35.4 Å². The van der Waals surface area contributed by atoms with E-state index in [-0.39, 0.29) is 0 Å². The quantitative estimate of drug-likeness (QED) is 0.727. The number of H-pyrrole nitrogens is 1. The fourth-order valence-corrected chi connectivity index (χ4v) is 2.49. The molecular weight excluding hydrogens is 286 g/mol. The van der Waals surface area contributed by atoms with Crippen molar-refractivity contribution in [3.05, 3.63) is 42.0 Å². The van der Waals surface area contributed by atoms with Crippen molar-refractivity contribution in [3.8, 4) is 5.69 Å². The Morgan fingerprint density at radius 2 is 2.05 bits per heavy atom. The first-order valence-electron chi connectivity index (χ1n) is 6.62. The van der Waals surface area contributed by atoms with Crippen molar-refractivity contribution in [2.45, 2.75) is 30.7 Å². The summed E-state index contributed by atoms with van der Waals surface area (Å²) in [5.41, 5.74) is 0.941. The zero-order chi connectivity index (χ0) is 14.7. The first kappa shape index (κ1) is 13.7. The van der Waals surface area contributed by atoms with Crippen molar-refractivity contribution < 1.29 is 0 Å². The Morgan fingerprint density at radius 3 is 2.76 bits per heavy atom. The van der Waals surface area contributed by atoms with Crippen LogP contribution in [0.4, 0.5) is 0 Å². The smallest absolute Gasteiger partial charge is 0.208 e. The van der Waals surface area contributed by atoms with E-state index < -0.39 is 0 Å². The Bertz CT molecular complexity index is 704. The second-order valence-corrected chi connectivity index (χ2v) is 5.73. The summed E-state index contributed by atoms with van der Waals surface area (Å²) in [6.45, 7) is 4.15. The minimum atomic E-state index is 0.335. The number of hydrogen-bond donors (Lipinski definition) is 1. The fraction of sp³-hybridized carbons (Fsp3) is 0.308. The van der Waals surface area contributed by atoms with Gasteiger partial charge in [-0.15, -0.1) is 10.2 Å². The van der Waals surface area contributed by atoms with Gasteiger partial charge in [-0.1, -0.05) is 43.8 Å². The van der Waals surface area contributed by atoms with E-state index >= 15 is 0 Å². The Labute approximate surface area is 126 Å². The lowest BCUT2D eigenvalue weighted by Crippen LogP contribution is -2.01. The van der Waals surface area contributed by atoms with E-state index in [0.29, 0.717) is 16.8 Å². The van der Waals surface area contributed by atoms with Crippen LogP contribution in [0.25, 0.3) is 5.69 Å². The molecule has 3 rings (SSSR count). The Hall–Kier alpha value is -2.22. The number of aromatic nitrogens is 7. The van der Waals surface area contributed by atoms with Crippen molar-refractivity contribution in [2.24, 2.45) is 0 Å². The number of rotatable bonds is 5. The second-order valence-electron chi connectivity index (χ2n) is 4.79. The van der Waals surface area contributed by atoms with Crippen molar-refractivity contribution in [2.75, 3.05) is 0 Å². The molecule has 8 heteroatoms. The SMILES string of the molecule is CC(C)c1nc(SCc2nnnn2-c2ccccc2)n[nH]1. The lowest BCUT2D eigenvalue weighted by Gasteiger charge is -2.02. The topological polar surface area (TPSA) is 85.2 Å². The monoisotopic (exact) mass is 301 g/mol. The molecule has 0 saturated carbocycles. The Balaban J connectivity index is 1.73. The molecule has 2 heterocycles. The number of aromatic amines is 1. The zero-order valence-electron chi connectivity index (χ0n) is 11.8. The zero-order valence-corrected chi connectivity index (χ0v) is 12.6. The normalized spacial score (nSPS) is 11.2. The van der Waals surface area contributed by atoms with Gasteiger partial charge in [0.05, 0.1) is 11.4 Å². The molecule has 108 valence electrons. The number of nitrogens with one attached hydrogen (secondary N) is 1. The summed E-state index contributed by atoms with van der Waals surface area (Å²) in [4.78, 5) is 4.43. The molecule has 0 aliphatic rings. The molecule has 2 aromatic heterocycles. The summed E-state index contributed by atoms with van der Waals surface area (Å²) in [5.74, 6) is 2.60. The van der Waals surface area contributed by atoms with Gasteiger partial charge < -0.3 is 0 Å². The molecule has 0 bridgehead atoms. The first-order valence-corrected chi connectivity index (χ1v) is 7.60. The number of para-hydroxylation sites is 1. The maximum atomic E-state index is 4.43. The van der Waals surface area contributed by atoms with Gasteiger partial charge in [0.25, 0.3) is 0 Å². The third-order valence-corrected chi connectivity index (χ3v) is 3.74. The van der Waals surface area contributed by atoms with E-state index in [9.17, 15) is 0 Å². The number of benzene rings is 1. The van der Waals surface area contributed by atoms with E-state index in [1.54, 1.807) is 4.68 Å². The van der Waals surface area contributed by atoms with Crippen LogP contribution in [0.15, 0.2) is 35.5 Å². The summed E-state index contributed by atoms with van der Waals surface area (Å²) in [6, 6.07) is 9.81. The standard InChI is InChI=1S/C13H15N7S/c1-9(2)12-14-13(17-16-12)21-8-11-15-18-19-20(11)10-6-4-3-5-7-10/h3-7,9H,8H2,1-2H3,(H,14,16,17). The molecule has 0 amide bonds. The first-order chi connectivity index (χ1) is 10.2. The molecular formula is C13H15N7S. The van der Waals surface area contributed by atoms with Crippen LogP contribution in [0.2, 0.25) is 0 Å². The summed E-state index contributed by atoms with van der Waals surface area (Å²) >= 11 is 1.51. The molecule has 1 aromatic carbocycles. The lowest BCUT2D eigenvalue weighted by atomic mass is 10.2. The van der Waals surface area contributed by atoms with Crippen LogP contribution in [0, 0.1) is 0 Å². The van der Waals surface area contributed by atoms with Crippen molar-refractivity contribution in [1.29, 1.82) is 0 Å². The highest BCUT2D eigenvalue weighted by molar-refractivity contribution is 7.98. The van der Waals surface area contributed by atoms with Crippen molar-refractivity contribution in [1.82, 2.24) is 35.4 Å². The Morgan fingerprint density at radius 1 is 1.24 bits per heavy atom. The molecule has 0 fully saturated rings. The molecule has 1 N–H and O–H groups in total. The predicted octanol–water partition coefficient (Wildman–Crippen LogP) is 2.20. The van der Waals surface area contributed by atoms with E-state index in [1.807, 2.05) is 30.3 Å². The highest BCUT2D eigenvalue weighted by Gasteiger charge is 2.11. The highest BCUT2D eigenvalue weighted by Crippen LogP contribution is 2.20. The fourth-order valence-electron chi connectivity index (χ4n) is 1.78. The van der Waals surface area contributed by atoms with Gasteiger partial charge in [0.1, 0.15) is 5.82 Å². The summed E-state index contributed by atoms with van der Waals surface area (Å²) < 4.78 is 1.73. The average Bonchev–Trinajstić information content (AvgIpc) is 3.15. The number of nitrogens with zero attached hydrogens (tertiary/aromatic N) is 6. The van der Waals surface area contributed by atoms with Gasteiger partial charge in [-0.25, -0.2) is 4.98 Å². The van der Waals surface area contributed by atoms with Crippen molar-refractivity contribution >= 4 is 11.8 Å². The minimum absolute atomic E-state index is 0.335. The van der Waals surface area contributed by atoms with Crippen LogP contribution >= 0.6 is 11.8 Å². The van der Waals surface area contributed by atoms with Crippen LogP contribution in [-0.2, 0) is 5.75 Å². The molecule has 0 atom stereocenters. The molecule has 0 radical (unpaired) electrons. The molecule has 0 aliphatic carbocycles. The average molecular weight is 301 g/mol. The van der Waals surface area contributed by atoms with Crippen LogP contribution < -0.4 is 0 Å². The maximum Gasteiger partial charge on any atom is 0.208 e. The second kappa shape index (κ2) is 6.04. The molecule has 0 aliphatic heterocycles. The summed E-state index contributed by atoms with van der Waals surface area (Å²) in [6.07, 6.45) is 0. The summed E-state index contributed by atoms with van der Waals surface area (Å²) in [7, 11) is 0. The molecule has 0 saturated heterocycles. The minimum Gasteiger partial charge on any atom is -0.262 e. The van der Waals surface area contributed by atoms with Crippen LogP contribution in [0.3, 0.4) is 0 Å². The predicted molar refractivity (Wildman–Crippen MR) is 79.2 cm³/mol. The highest BCUT2D eigenvalue weighted by atomic mass is 32.2. The third kappa shape index (κ3) is 3.10. The molecule has 0 spiro atoms. The molecule has 0 unspecified atom stereocenters. The van der Waals surface area contributed by atoms with Gasteiger partial charge in [-0.3, -0.25) is 5.10 Å². The maximum absolute atomic E-state index is 4.43. The van der Waals surface area contributed by atoms with Gasteiger partial charge in [0.2, 0.25) is 5.16 Å². The van der Waals surface area contributed by atoms with E-state index in [2.05, 4.69) is 44.6 Å².